The van der Waals surface area contributed by atoms with Gasteiger partial charge in [0, 0.05) is 48.2 Å². The molecule has 10 heteroatoms. The lowest BCUT2D eigenvalue weighted by Crippen LogP contribution is -2.47. The number of hydrazine groups is 2. The molecule has 2 fully saturated rings. The summed E-state index contributed by atoms with van der Waals surface area (Å²) in [6, 6.07) is 5.34. The van der Waals surface area contributed by atoms with E-state index >= 15 is 0 Å². The van der Waals surface area contributed by atoms with Crippen molar-refractivity contribution < 1.29 is 14.3 Å². The van der Waals surface area contributed by atoms with E-state index in [-0.39, 0.29) is 24.5 Å². The standard InChI is InChI=1S/C19H27Cl2N5O3/c20-13-8-14(21)10-17(9-13)29-12-19(28)26-6-4-15(5-7-26)23-18(27)3-1-2-16-11-22-25-24-16/h8-10,15-16,22,24-25H,1-7,11-12H2,(H,23,27). The fourth-order valence-electron chi connectivity index (χ4n) is 3.48. The fraction of sp³-hybridized carbons (Fsp3) is 0.579. The summed E-state index contributed by atoms with van der Waals surface area (Å²) in [6.45, 7) is 2.01. The largest absolute Gasteiger partial charge is 0.484 e. The Balaban J connectivity index is 1.31. The number of nitrogens with zero attached hydrogens (tertiary/aromatic N) is 1. The van der Waals surface area contributed by atoms with Crippen molar-refractivity contribution in [2.24, 2.45) is 0 Å². The molecule has 0 aliphatic carbocycles. The Morgan fingerprint density at radius 1 is 1.17 bits per heavy atom. The third-order valence-corrected chi connectivity index (χ3v) is 5.52. The first-order valence-electron chi connectivity index (χ1n) is 9.89. The highest BCUT2D eigenvalue weighted by atomic mass is 35.5. The van der Waals surface area contributed by atoms with Gasteiger partial charge in [-0.3, -0.25) is 9.59 Å². The number of hydrogen-bond donors (Lipinski definition) is 4. The first kappa shape index (κ1) is 22.1. The third-order valence-electron chi connectivity index (χ3n) is 5.08. The number of likely N-dealkylation sites (tertiary alicyclic amines) is 1. The minimum Gasteiger partial charge on any atom is -0.484 e. The van der Waals surface area contributed by atoms with E-state index in [1.807, 2.05) is 0 Å². The summed E-state index contributed by atoms with van der Waals surface area (Å²) < 4.78 is 5.52. The molecule has 0 aromatic heterocycles. The van der Waals surface area contributed by atoms with Gasteiger partial charge < -0.3 is 15.0 Å². The molecule has 2 aliphatic rings. The Bertz CT molecular complexity index is 687. The van der Waals surface area contributed by atoms with Gasteiger partial charge in [-0.25, -0.2) is 10.9 Å². The van der Waals surface area contributed by atoms with Crippen molar-refractivity contribution in [3.8, 4) is 5.75 Å². The summed E-state index contributed by atoms with van der Waals surface area (Å²) in [7, 11) is 0. The van der Waals surface area contributed by atoms with Crippen molar-refractivity contribution in [3.05, 3.63) is 28.2 Å². The van der Waals surface area contributed by atoms with Gasteiger partial charge in [-0.1, -0.05) is 23.2 Å². The van der Waals surface area contributed by atoms with E-state index in [0.29, 0.717) is 41.3 Å². The average Bonchev–Trinajstić information content (AvgIpc) is 3.19. The Kier molecular flexibility index (Phi) is 8.38. The average molecular weight is 444 g/mol. The minimum absolute atomic E-state index is 0.0629. The van der Waals surface area contributed by atoms with Crippen molar-refractivity contribution in [1.82, 2.24) is 26.6 Å². The van der Waals surface area contributed by atoms with Gasteiger partial charge in [-0.2, -0.15) is 5.53 Å². The number of carbonyl (C=O) groups excluding carboxylic acids is 2. The number of hydrogen-bond acceptors (Lipinski definition) is 6. The summed E-state index contributed by atoms with van der Waals surface area (Å²) in [5.74, 6) is 0.462. The summed E-state index contributed by atoms with van der Waals surface area (Å²) in [4.78, 5) is 26.3. The second-order valence-electron chi connectivity index (χ2n) is 7.36. The first-order chi connectivity index (χ1) is 14.0. The second kappa shape index (κ2) is 11.0. The van der Waals surface area contributed by atoms with Crippen molar-refractivity contribution in [2.45, 2.75) is 44.2 Å². The van der Waals surface area contributed by atoms with Gasteiger partial charge in [0.1, 0.15) is 5.75 Å². The summed E-state index contributed by atoms with van der Waals surface area (Å²) in [5, 5.41) is 4.01. The molecule has 0 bridgehead atoms. The van der Waals surface area contributed by atoms with Gasteiger partial charge in [0.15, 0.2) is 6.61 Å². The molecule has 8 nitrogen and oxygen atoms in total. The van der Waals surface area contributed by atoms with Crippen molar-refractivity contribution in [1.29, 1.82) is 0 Å². The molecule has 1 aromatic rings. The van der Waals surface area contributed by atoms with Crippen LogP contribution in [0.5, 0.6) is 5.75 Å². The van der Waals surface area contributed by atoms with Crippen LogP contribution in [0.3, 0.4) is 0 Å². The Labute approximate surface area is 180 Å². The molecule has 160 valence electrons. The number of ether oxygens (including phenoxy) is 1. The van der Waals surface area contributed by atoms with Crippen LogP contribution < -0.4 is 26.4 Å². The molecule has 1 unspecified atom stereocenters. The Hall–Kier alpha value is -1.58. The van der Waals surface area contributed by atoms with E-state index in [1.165, 1.54) is 0 Å². The van der Waals surface area contributed by atoms with Gasteiger partial charge in [0.2, 0.25) is 5.91 Å². The van der Waals surface area contributed by atoms with Gasteiger partial charge in [0.25, 0.3) is 5.91 Å². The number of nitrogens with one attached hydrogen (secondary N) is 4. The van der Waals surface area contributed by atoms with Crippen LogP contribution in [0.4, 0.5) is 0 Å². The topological polar surface area (TPSA) is 94.7 Å². The van der Waals surface area contributed by atoms with Crippen molar-refractivity contribution in [2.75, 3.05) is 26.2 Å². The van der Waals surface area contributed by atoms with E-state index in [1.54, 1.807) is 23.1 Å². The Morgan fingerprint density at radius 3 is 2.55 bits per heavy atom. The molecule has 1 atom stereocenters. The van der Waals surface area contributed by atoms with E-state index < -0.39 is 0 Å². The molecule has 4 N–H and O–H groups in total. The molecule has 0 spiro atoms. The number of benzene rings is 1. The molecule has 3 rings (SSSR count). The number of piperidine rings is 1. The lowest BCUT2D eigenvalue weighted by molar-refractivity contribution is -0.134. The van der Waals surface area contributed by atoms with Crippen molar-refractivity contribution >= 4 is 35.0 Å². The predicted octanol–water partition coefficient (Wildman–Crippen LogP) is 1.63. The smallest absolute Gasteiger partial charge is 0.260 e. The van der Waals surface area contributed by atoms with Crippen LogP contribution in [0.1, 0.15) is 32.1 Å². The number of halogens is 2. The number of rotatable bonds is 8. The molecule has 0 radical (unpaired) electrons. The predicted molar refractivity (Wildman–Crippen MR) is 112 cm³/mol. The van der Waals surface area contributed by atoms with Crippen LogP contribution in [-0.4, -0.2) is 55.0 Å². The van der Waals surface area contributed by atoms with E-state index in [2.05, 4.69) is 21.7 Å². The normalized spacial score (nSPS) is 19.9. The molecular formula is C19H27Cl2N5O3. The monoisotopic (exact) mass is 443 g/mol. The summed E-state index contributed by atoms with van der Waals surface area (Å²) >= 11 is 11.9. The maximum absolute atomic E-state index is 12.4. The molecule has 2 saturated heterocycles. The minimum atomic E-state index is -0.0860. The van der Waals surface area contributed by atoms with E-state index in [9.17, 15) is 9.59 Å². The van der Waals surface area contributed by atoms with Crippen LogP contribution in [-0.2, 0) is 9.59 Å². The van der Waals surface area contributed by atoms with Crippen LogP contribution >= 0.6 is 23.2 Å². The fourth-order valence-corrected chi connectivity index (χ4v) is 3.99. The van der Waals surface area contributed by atoms with Crippen molar-refractivity contribution in [3.63, 3.8) is 0 Å². The summed E-state index contributed by atoms with van der Waals surface area (Å²) in [6.07, 6.45) is 3.80. The van der Waals surface area contributed by atoms with E-state index in [0.717, 1.165) is 32.2 Å². The highest BCUT2D eigenvalue weighted by Crippen LogP contribution is 2.24. The van der Waals surface area contributed by atoms with Crippen LogP contribution in [0, 0.1) is 0 Å². The summed E-state index contributed by atoms with van der Waals surface area (Å²) in [5.41, 5.74) is 8.96. The van der Waals surface area contributed by atoms with Crippen LogP contribution in [0.2, 0.25) is 10.0 Å². The Morgan fingerprint density at radius 2 is 1.90 bits per heavy atom. The molecular weight excluding hydrogens is 417 g/mol. The molecule has 29 heavy (non-hydrogen) atoms. The number of amides is 2. The van der Waals surface area contributed by atoms with Crippen LogP contribution in [0.15, 0.2) is 18.2 Å². The quantitative estimate of drug-likeness (QED) is 0.487. The zero-order valence-electron chi connectivity index (χ0n) is 16.2. The van der Waals surface area contributed by atoms with Gasteiger partial charge in [-0.15, -0.1) is 0 Å². The highest BCUT2D eigenvalue weighted by Gasteiger charge is 2.24. The third kappa shape index (κ3) is 7.31. The SMILES string of the molecule is O=C(CCCC1CNNN1)NC1CCN(C(=O)COc2cc(Cl)cc(Cl)c2)CC1. The van der Waals surface area contributed by atoms with Gasteiger partial charge in [-0.05, 0) is 43.9 Å². The maximum Gasteiger partial charge on any atom is 0.260 e. The zero-order valence-corrected chi connectivity index (χ0v) is 17.7. The molecule has 1 aromatic carbocycles. The zero-order chi connectivity index (χ0) is 20.6. The maximum atomic E-state index is 12.4. The van der Waals surface area contributed by atoms with Crippen LogP contribution in [0.25, 0.3) is 0 Å². The second-order valence-corrected chi connectivity index (χ2v) is 8.23. The molecule has 0 saturated carbocycles. The lowest BCUT2D eigenvalue weighted by Gasteiger charge is -2.32. The van der Waals surface area contributed by atoms with E-state index in [4.69, 9.17) is 27.9 Å². The first-order valence-corrected chi connectivity index (χ1v) is 10.6. The highest BCUT2D eigenvalue weighted by molar-refractivity contribution is 6.34. The van der Waals surface area contributed by atoms with Gasteiger partial charge >= 0.3 is 0 Å². The molecule has 2 amide bonds. The van der Waals surface area contributed by atoms with Gasteiger partial charge in [0.05, 0.1) is 0 Å². The molecule has 2 heterocycles. The molecule has 2 aliphatic heterocycles. The lowest BCUT2D eigenvalue weighted by atomic mass is 10.0. The number of carbonyl (C=O) groups is 2.